The highest BCUT2D eigenvalue weighted by Gasteiger charge is 2.06. The van der Waals surface area contributed by atoms with E-state index in [9.17, 15) is 0 Å². The zero-order valence-electron chi connectivity index (χ0n) is 8.94. The lowest BCUT2D eigenvalue weighted by molar-refractivity contribution is 0.959. The minimum atomic E-state index is 0.735. The summed E-state index contributed by atoms with van der Waals surface area (Å²) in [4.78, 5) is 12.9. The van der Waals surface area contributed by atoms with Crippen molar-refractivity contribution in [2.45, 2.75) is 0 Å². The van der Waals surface area contributed by atoms with Gasteiger partial charge in [-0.2, -0.15) is 0 Å². The molecule has 2 heterocycles. The molecule has 0 spiro atoms. The average Bonchev–Trinajstić information content (AvgIpc) is 2.81. The second kappa shape index (κ2) is 4.29. The Morgan fingerprint density at radius 3 is 3.06 bits per heavy atom. The van der Waals surface area contributed by atoms with Crippen LogP contribution in [0, 0.1) is 0 Å². The van der Waals surface area contributed by atoms with Gasteiger partial charge in [0.05, 0.1) is 23.8 Å². The Morgan fingerprint density at radius 1 is 1.29 bits per heavy atom. The van der Waals surface area contributed by atoms with Crippen molar-refractivity contribution in [3.05, 3.63) is 29.0 Å². The number of hydrogen-bond donors (Lipinski definition) is 2. The van der Waals surface area contributed by atoms with E-state index in [-0.39, 0.29) is 0 Å². The molecular weight excluding hydrogens is 282 g/mol. The Hall–Kier alpha value is -1.69. The average molecular weight is 292 g/mol. The number of hydrogen-bond acceptors (Lipinski definition) is 5. The van der Waals surface area contributed by atoms with E-state index in [4.69, 9.17) is 0 Å². The molecule has 1 aliphatic heterocycles. The number of benzene rings is 1. The third-order valence-corrected chi connectivity index (χ3v) is 2.83. The normalized spacial score (nSPS) is 14.5. The summed E-state index contributed by atoms with van der Waals surface area (Å²) in [7, 11) is 0. The number of fused-ring (bicyclic) bond motifs is 1. The van der Waals surface area contributed by atoms with Gasteiger partial charge in [0.15, 0.2) is 5.96 Å². The van der Waals surface area contributed by atoms with Crippen LogP contribution in [-0.2, 0) is 0 Å². The molecule has 0 saturated heterocycles. The summed E-state index contributed by atoms with van der Waals surface area (Å²) < 4.78 is 0.735. The van der Waals surface area contributed by atoms with Crippen LogP contribution in [-0.4, -0.2) is 29.0 Å². The zero-order chi connectivity index (χ0) is 11.7. The molecule has 86 valence electrons. The van der Waals surface area contributed by atoms with Crippen LogP contribution >= 0.6 is 15.9 Å². The smallest absolute Gasteiger partial charge is 0.195 e. The van der Waals surface area contributed by atoms with E-state index in [0.717, 1.165) is 40.4 Å². The van der Waals surface area contributed by atoms with Crippen LogP contribution in [0.4, 0.5) is 5.69 Å². The standard InChI is InChI=1S/C11H10BrN5/c12-10-6-15-8-2-1-7(5-9(8)17-10)16-11-13-3-4-14-11/h1-2,5-6H,3-4H2,(H2,13,14,16). The van der Waals surface area contributed by atoms with Gasteiger partial charge in [-0.05, 0) is 34.1 Å². The van der Waals surface area contributed by atoms with Crippen LogP contribution in [0.3, 0.4) is 0 Å². The SMILES string of the molecule is Brc1cnc2ccc(NC3=NCCN3)cc2n1. The molecule has 2 aromatic rings. The summed E-state index contributed by atoms with van der Waals surface area (Å²) in [5, 5.41) is 6.37. The molecule has 3 rings (SSSR count). The van der Waals surface area contributed by atoms with Crippen molar-refractivity contribution >= 4 is 38.6 Å². The van der Waals surface area contributed by atoms with Gasteiger partial charge in [0.25, 0.3) is 0 Å². The Morgan fingerprint density at radius 2 is 2.24 bits per heavy atom. The summed E-state index contributed by atoms with van der Waals surface area (Å²) in [6, 6.07) is 5.86. The van der Waals surface area contributed by atoms with E-state index in [2.05, 4.69) is 41.5 Å². The topological polar surface area (TPSA) is 62.2 Å². The molecule has 0 saturated carbocycles. The van der Waals surface area contributed by atoms with Crippen LogP contribution < -0.4 is 10.6 Å². The molecular formula is C11H10BrN5. The van der Waals surface area contributed by atoms with Crippen molar-refractivity contribution in [1.29, 1.82) is 0 Å². The van der Waals surface area contributed by atoms with Gasteiger partial charge >= 0.3 is 0 Å². The number of nitrogens with one attached hydrogen (secondary N) is 2. The fraction of sp³-hybridized carbons (Fsp3) is 0.182. The first kappa shape index (κ1) is 10.5. The molecule has 0 fully saturated rings. The van der Waals surface area contributed by atoms with Crippen LogP contribution in [0.25, 0.3) is 11.0 Å². The van der Waals surface area contributed by atoms with Gasteiger partial charge < -0.3 is 10.6 Å². The maximum absolute atomic E-state index is 4.36. The molecule has 0 unspecified atom stereocenters. The molecule has 0 amide bonds. The van der Waals surface area contributed by atoms with Gasteiger partial charge in [-0.25, -0.2) is 4.98 Å². The third kappa shape index (κ3) is 2.21. The van der Waals surface area contributed by atoms with E-state index in [1.165, 1.54) is 0 Å². The first-order valence-corrected chi connectivity index (χ1v) is 6.08. The Labute approximate surface area is 107 Å². The second-order valence-corrected chi connectivity index (χ2v) is 4.49. The van der Waals surface area contributed by atoms with Gasteiger partial charge in [0.1, 0.15) is 4.60 Å². The van der Waals surface area contributed by atoms with Crippen LogP contribution in [0.2, 0.25) is 0 Å². The number of aliphatic imine (C=N–C) groups is 1. The summed E-state index contributed by atoms with van der Waals surface area (Å²) >= 11 is 3.32. The minimum absolute atomic E-state index is 0.735. The highest BCUT2D eigenvalue weighted by Crippen LogP contribution is 2.17. The maximum atomic E-state index is 4.36. The predicted octanol–water partition coefficient (Wildman–Crippen LogP) is 1.76. The number of rotatable bonds is 1. The Bertz CT molecular complexity index is 595. The zero-order valence-corrected chi connectivity index (χ0v) is 10.5. The van der Waals surface area contributed by atoms with E-state index < -0.39 is 0 Å². The molecule has 1 aromatic heterocycles. The van der Waals surface area contributed by atoms with Crippen molar-refractivity contribution in [3.8, 4) is 0 Å². The second-order valence-electron chi connectivity index (χ2n) is 3.68. The van der Waals surface area contributed by atoms with Crippen molar-refractivity contribution in [2.75, 3.05) is 18.4 Å². The number of aromatic nitrogens is 2. The molecule has 0 atom stereocenters. The summed E-state index contributed by atoms with van der Waals surface area (Å²) in [5.41, 5.74) is 2.68. The third-order valence-electron chi connectivity index (χ3n) is 2.45. The summed E-state index contributed by atoms with van der Waals surface area (Å²) in [6.45, 7) is 1.71. The van der Waals surface area contributed by atoms with Gasteiger partial charge in [0, 0.05) is 12.2 Å². The van der Waals surface area contributed by atoms with E-state index in [0.29, 0.717) is 0 Å². The fourth-order valence-corrected chi connectivity index (χ4v) is 1.98. The Balaban J connectivity index is 1.95. The van der Waals surface area contributed by atoms with Crippen molar-refractivity contribution in [2.24, 2.45) is 4.99 Å². The first-order valence-electron chi connectivity index (χ1n) is 5.29. The molecule has 1 aliphatic rings. The van der Waals surface area contributed by atoms with Gasteiger partial charge in [0.2, 0.25) is 0 Å². The number of guanidine groups is 1. The van der Waals surface area contributed by atoms with Gasteiger partial charge in [-0.15, -0.1) is 0 Å². The van der Waals surface area contributed by atoms with Gasteiger partial charge in [-0.1, -0.05) is 0 Å². The molecule has 0 aliphatic carbocycles. The monoisotopic (exact) mass is 291 g/mol. The summed E-state index contributed by atoms with van der Waals surface area (Å²) in [6.07, 6.45) is 1.69. The van der Waals surface area contributed by atoms with Crippen LogP contribution in [0.15, 0.2) is 34.0 Å². The number of halogens is 1. The summed E-state index contributed by atoms with van der Waals surface area (Å²) in [5.74, 6) is 0.812. The molecule has 17 heavy (non-hydrogen) atoms. The first-order chi connectivity index (χ1) is 8.31. The van der Waals surface area contributed by atoms with Crippen molar-refractivity contribution in [3.63, 3.8) is 0 Å². The highest BCUT2D eigenvalue weighted by atomic mass is 79.9. The van der Waals surface area contributed by atoms with Crippen LogP contribution in [0.5, 0.6) is 0 Å². The maximum Gasteiger partial charge on any atom is 0.195 e. The van der Waals surface area contributed by atoms with Gasteiger partial charge in [-0.3, -0.25) is 9.98 Å². The molecule has 0 bridgehead atoms. The Kier molecular flexibility index (Phi) is 2.64. The van der Waals surface area contributed by atoms with Crippen LogP contribution in [0.1, 0.15) is 0 Å². The predicted molar refractivity (Wildman–Crippen MR) is 71.2 cm³/mol. The molecule has 6 heteroatoms. The molecule has 1 aromatic carbocycles. The molecule has 5 nitrogen and oxygen atoms in total. The lowest BCUT2D eigenvalue weighted by Crippen LogP contribution is -2.26. The van der Waals surface area contributed by atoms with Crippen molar-refractivity contribution in [1.82, 2.24) is 15.3 Å². The lowest BCUT2D eigenvalue weighted by atomic mass is 10.2. The van der Waals surface area contributed by atoms with E-state index in [1.807, 2.05) is 18.2 Å². The van der Waals surface area contributed by atoms with Crippen molar-refractivity contribution < 1.29 is 0 Å². The number of nitrogens with zero attached hydrogens (tertiary/aromatic N) is 3. The van der Waals surface area contributed by atoms with E-state index in [1.54, 1.807) is 6.20 Å². The van der Waals surface area contributed by atoms with E-state index >= 15 is 0 Å². The minimum Gasteiger partial charge on any atom is -0.354 e. The number of anilines is 1. The molecule has 2 N–H and O–H groups in total. The highest BCUT2D eigenvalue weighted by molar-refractivity contribution is 9.10. The molecule has 0 radical (unpaired) electrons. The fourth-order valence-electron chi connectivity index (χ4n) is 1.69. The lowest BCUT2D eigenvalue weighted by Gasteiger charge is -2.07. The largest absolute Gasteiger partial charge is 0.354 e. The quantitative estimate of drug-likeness (QED) is 0.841.